The molecule has 2 atom stereocenters. The van der Waals surface area contributed by atoms with Gasteiger partial charge in [-0.2, -0.15) is 0 Å². The van der Waals surface area contributed by atoms with Crippen molar-refractivity contribution in [1.82, 2.24) is 4.81 Å². The molecule has 1 aliphatic heterocycles. The first-order valence-electron chi connectivity index (χ1n) is 14.9. The predicted molar refractivity (Wildman–Crippen MR) is 167 cm³/mol. The highest BCUT2D eigenvalue weighted by molar-refractivity contribution is 6.67. The van der Waals surface area contributed by atoms with E-state index in [1.165, 1.54) is 35.1 Å². The van der Waals surface area contributed by atoms with Crippen LogP contribution in [-0.4, -0.2) is 17.7 Å². The molecular formula is C36H48BN. The van der Waals surface area contributed by atoms with Gasteiger partial charge < -0.3 is 4.81 Å². The van der Waals surface area contributed by atoms with Gasteiger partial charge in [-0.3, -0.25) is 0 Å². The molecular weight excluding hydrogens is 457 g/mol. The van der Waals surface area contributed by atoms with E-state index in [2.05, 4.69) is 122 Å². The van der Waals surface area contributed by atoms with Crippen LogP contribution in [0.4, 0.5) is 0 Å². The van der Waals surface area contributed by atoms with Crippen molar-refractivity contribution in [2.75, 3.05) is 0 Å². The van der Waals surface area contributed by atoms with Crippen LogP contribution in [0, 0.1) is 0 Å². The van der Waals surface area contributed by atoms with Crippen LogP contribution in [0.1, 0.15) is 128 Å². The number of allylic oxidation sites excluding steroid dienone is 5. The Morgan fingerprint density at radius 2 is 1.68 bits per heavy atom. The number of benzene rings is 2. The summed E-state index contributed by atoms with van der Waals surface area (Å²) < 4.78 is 0. The number of fused-ring (bicyclic) bond motifs is 3. The second-order valence-electron chi connectivity index (χ2n) is 14.4. The van der Waals surface area contributed by atoms with E-state index in [-0.39, 0.29) is 10.8 Å². The van der Waals surface area contributed by atoms with Gasteiger partial charge in [0.15, 0.2) is 0 Å². The normalized spacial score (nSPS) is 20.9. The van der Waals surface area contributed by atoms with Crippen molar-refractivity contribution in [3.8, 4) is 11.1 Å². The van der Waals surface area contributed by atoms with Gasteiger partial charge in [0.25, 0.3) is 6.85 Å². The van der Waals surface area contributed by atoms with Gasteiger partial charge in [0.2, 0.25) is 0 Å². The second-order valence-corrected chi connectivity index (χ2v) is 14.4. The maximum Gasteiger partial charge on any atom is 0.266 e. The van der Waals surface area contributed by atoms with Crippen LogP contribution in [0.15, 0.2) is 66.2 Å². The Balaban J connectivity index is 1.71. The standard InChI is InChI=1S/C36H48BN/c1-11-12-13-14-25-15-17-27(21-25)37-34-30-22-26(35(5,6)7)16-18-28(30)29-19-20-31(36(8,9)10)32(33(29)34)24(4)38(37)23(2)3/h11,15-20,22-24,34H,1,12-14,21H2,2-10H3. The molecule has 200 valence electrons. The minimum atomic E-state index is 0.108. The van der Waals surface area contributed by atoms with E-state index in [0.29, 0.717) is 24.7 Å². The smallest absolute Gasteiger partial charge is 0.266 e. The van der Waals surface area contributed by atoms with Gasteiger partial charge in [-0.25, -0.2) is 0 Å². The van der Waals surface area contributed by atoms with Gasteiger partial charge in [0, 0.05) is 11.9 Å². The number of nitrogens with zero attached hydrogens (tertiary/aromatic N) is 1. The monoisotopic (exact) mass is 505 g/mol. The largest absolute Gasteiger partial charge is 0.329 e. The summed E-state index contributed by atoms with van der Waals surface area (Å²) in [4.78, 5) is 2.86. The summed E-state index contributed by atoms with van der Waals surface area (Å²) in [6.45, 7) is 25.8. The second kappa shape index (κ2) is 9.70. The molecule has 2 aromatic carbocycles. The fraction of sp³-hybridized carbons (Fsp3) is 0.500. The highest BCUT2D eigenvalue weighted by Gasteiger charge is 2.51. The molecule has 2 aromatic rings. The summed E-state index contributed by atoms with van der Waals surface area (Å²) in [6.07, 6.45) is 11.6. The van der Waals surface area contributed by atoms with E-state index in [4.69, 9.17) is 0 Å². The summed E-state index contributed by atoms with van der Waals surface area (Å²) in [6, 6.07) is 13.1. The van der Waals surface area contributed by atoms with Crippen molar-refractivity contribution in [2.24, 2.45) is 0 Å². The van der Waals surface area contributed by atoms with Crippen LogP contribution < -0.4 is 0 Å². The van der Waals surface area contributed by atoms with Gasteiger partial charge in [-0.05, 0) is 88.4 Å². The van der Waals surface area contributed by atoms with E-state index in [9.17, 15) is 0 Å². The van der Waals surface area contributed by atoms with Crippen molar-refractivity contribution in [3.63, 3.8) is 0 Å². The van der Waals surface area contributed by atoms with Crippen molar-refractivity contribution >= 4 is 6.85 Å². The van der Waals surface area contributed by atoms with Crippen molar-refractivity contribution in [2.45, 2.75) is 117 Å². The van der Waals surface area contributed by atoms with Crippen LogP contribution >= 0.6 is 0 Å². The van der Waals surface area contributed by atoms with Crippen LogP contribution in [0.25, 0.3) is 11.1 Å². The van der Waals surface area contributed by atoms with Crippen molar-refractivity contribution in [1.29, 1.82) is 0 Å². The van der Waals surface area contributed by atoms with E-state index in [1.807, 2.05) is 0 Å². The molecule has 0 saturated carbocycles. The molecule has 0 saturated heterocycles. The zero-order chi connectivity index (χ0) is 27.6. The third-order valence-corrected chi connectivity index (χ3v) is 9.30. The zero-order valence-electron chi connectivity index (χ0n) is 25.4. The van der Waals surface area contributed by atoms with E-state index in [0.717, 1.165) is 12.8 Å². The van der Waals surface area contributed by atoms with Gasteiger partial charge in [0.1, 0.15) is 0 Å². The lowest BCUT2D eigenvalue weighted by Crippen LogP contribution is -2.54. The van der Waals surface area contributed by atoms with Crippen LogP contribution in [0.5, 0.6) is 0 Å². The molecule has 2 unspecified atom stereocenters. The Kier molecular flexibility index (Phi) is 6.96. The van der Waals surface area contributed by atoms with E-state index >= 15 is 0 Å². The summed E-state index contributed by atoms with van der Waals surface area (Å²) >= 11 is 0. The molecule has 0 radical (unpaired) electrons. The highest BCUT2D eigenvalue weighted by Crippen LogP contribution is 2.57. The Morgan fingerprint density at radius 1 is 0.974 bits per heavy atom. The van der Waals surface area contributed by atoms with Crippen LogP contribution in [0.2, 0.25) is 0 Å². The third-order valence-electron chi connectivity index (χ3n) is 9.30. The molecule has 38 heavy (non-hydrogen) atoms. The number of unbranched alkanes of at least 4 members (excludes halogenated alkanes) is 1. The van der Waals surface area contributed by atoms with Gasteiger partial charge in [-0.1, -0.05) is 115 Å². The zero-order valence-corrected chi connectivity index (χ0v) is 25.4. The molecule has 3 aliphatic rings. The lowest BCUT2D eigenvalue weighted by atomic mass is 9.38. The van der Waals surface area contributed by atoms with Gasteiger partial charge in [-0.15, -0.1) is 6.58 Å². The first-order chi connectivity index (χ1) is 17.8. The van der Waals surface area contributed by atoms with E-state index < -0.39 is 0 Å². The van der Waals surface area contributed by atoms with Crippen molar-refractivity contribution < 1.29 is 0 Å². The number of rotatable bonds is 6. The first-order valence-corrected chi connectivity index (χ1v) is 14.9. The minimum absolute atomic E-state index is 0.108. The lowest BCUT2D eigenvalue weighted by Gasteiger charge is -2.48. The summed E-state index contributed by atoms with van der Waals surface area (Å²) in [7, 11) is 0. The number of hydrogen-bond acceptors (Lipinski definition) is 1. The Hall–Kier alpha value is -2.32. The maximum atomic E-state index is 3.93. The SMILES string of the molecule is C=CCCCC1=CC=C(B2C3c4cc(C(C)(C)C)ccc4-c4ccc(C(C)(C)C)c(c43)C(C)N2C(C)C)C1. The molecule has 2 aliphatic carbocycles. The fourth-order valence-corrected chi connectivity index (χ4v) is 7.52. The summed E-state index contributed by atoms with van der Waals surface area (Å²) in [5.41, 5.74) is 14.1. The molecule has 0 fully saturated rings. The Bertz CT molecular complexity index is 1310. The summed E-state index contributed by atoms with van der Waals surface area (Å²) in [5.74, 6) is 0.380. The molecule has 1 heterocycles. The molecule has 0 bridgehead atoms. The molecule has 0 N–H and O–H groups in total. The topological polar surface area (TPSA) is 3.24 Å². The number of hydrogen-bond donors (Lipinski definition) is 0. The minimum Gasteiger partial charge on any atom is -0.329 e. The van der Waals surface area contributed by atoms with Crippen LogP contribution in [0.3, 0.4) is 0 Å². The molecule has 0 amide bonds. The first kappa shape index (κ1) is 27.3. The molecule has 5 rings (SSSR count). The average Bonchev–Trinajstić information content (AvgIpc) is 3.42. The highest BCUT2D eigenvalue weighted by atomic mass is 15.1. The Morgan fingerprint density at radius 3 is 2.32 bits per heavy atom. The molecule has 0 spiro atoms. The maximum absolute atomic E-state index is 3.93. The lowest BCUT2D eigenvalue weighted by molar-refractivity contribution is 0.277. The molecule has 2 heteroatoms. The van der Waals surface area contributed by atoms with Crippen molar-refractivity contribution in [3.05, 3.63) is 94.0 Å². The molecule has 1 nitrogen and oxygen atoms in total. The quantitative estimate of drug-likeness (QED) is 0.214. The van der Waals surface area contributed by atoms with Gasteiger partial charge >= 0.3 is 0 Å². The Labute approximate surface area is 233 Å². The molecule has 0 aromatic heterocycles. The fourth-order valence-electron chi connectivity index (χ4n) is 7.52. The summed E-state index contributed by atoms with van der Waals surface area (Å²) in [5, 5.41) is 0. The van der Waals surface area contributed by atoms with Crippen LogP contribution in [-0.2, 0) is 10.8 Å². The van der Waals surface area contributed by atoms with Gasteiger partial charge in [0.05, 0.1) is 0 Å². The average molecular weight is 506 g/mol. The third kappa shape index (κ3) is 4.47. The predicted octanol–water partition coefficient (Wildman–Crippen LogP) is 9.86. The van der Waals surface area contributed by atoms with E-state index in [1.54, 1.807) is 27.7 Å².